The van der Waals surface area contributed by atoms with E-state index in [-0.39, 0.29) is 5.75 Å². The van der Waals surface area contributed by atoms with Crippen molar-refractivity contribution in [3.05, 3.63) is 58.2 Å². The molecular weight excluding hydrogens is 609 g/mol. The Labute approximate surface area is 164 Å². The van der Waals surface area contributed by atoms with Crippen LogP contribution in [0.4, 0.5) is 0 Å². The number of aromatic hydroxyl groups is 1. The quantitative estimate of drug-likeness (QED) is 0.295. The Morgan fingerprint density at radius 1 is 0.952 bits per heavy atom. The molecule has 0 bridgehead atoms. The number of phenols is 1. The maximum atomic E-state index is 10.3. The Bertz CT molecular complexity index is 614. The molecule has 0 aliphatic carbocycles. The van der Waals surface area contributed by atoms with Gasteiger partial charge < -0.3 is 14.9 Å². The summed E-state index contributed by atoms with van der Waals surface area (Å²) in [5.41, 5.74) is 1.89. The highest BCUT2D eigenvalue weighted by atomic mass is 127. The van der Waals surface area contributed by atoms with Crippen LogP contribution in [0.5, 0.6) is 5.75 Å². The van der Waals surface area contributed by atoms with Crippen molar-refractivity contribution in [2.45, 2.75) is 12.7 Å². The summed E-state index contributed by atoms with van der Waals surface area (Å²) in [5.74, 6) is 0.252. The number of phenolic OH excluding ortho intramolecular Hbond substituents is 1. The van der Waals surface area contributed by atoms with Crippen LogP contribution in [-0.4, -0.2) is 16.8 Å². The number of ether oxygens (including phenoxy) is 1. The van der Waals surface area contributed by atoms with E-state index in [1.165, 1.54) is 0 Å². The third kappa shape index (κ3) is 4.91. The fraction of sp³-hybridized carbons (Fsp3) is 0.200. The molecule has 0 amide bonds. The summed E-state index contributed by atoms with van der Waals surface area (Å²) < 4.78 is 8.68. The van der Waals surface area contributed by atoms with Crippen LogP contribution in [0.15, 0.2) is 36.4 Å². The summed E-state index contributed by atoms with van der Waals surface area (Å²) in [7, 11) is 0. The molecule has 112 valence electrons. The van der Waals surface area contributed by atoms with Crippen LogP contribution in [-0.2, 0) is 11.2 Å². The largest absolute Gasteiger partial charge is 0.508 e. The van der Waals surface area contributed by atoms with E-state index in [1.54, 1.807) is 12.1 Å². The predicted molar refractivity (Wildman–Crippen MR) is 107 cm³/mol. The van der Waals surface area contributed by atoms with Gasteiger partial charge in [-0.1, -0.05) is 12.1 Å². The normalized spacial score (nSPS) is 12.4. The molecule has 0 aromatic heterocycles. The van der Waals surface area contributed by atoms with Crippen molar-refractivity contribution in [2.75, 3.05) is 6.61 Å². The summed E-state index contributed by atoms with van der Waals surface area (Å²) in [6.45, 7) is 0.420. The Morgan fingerprint density at radius 2 is 1.57 bits per heavy atom. The standard InChI is InChI=1S/C15H13I3O3/c16-11-5-6-12(17)14(18)13(11)15(20)21-8-7-9-1-3-10(19)4-2-9/h1-6,15,19-20H,7-8H2. The fourth-order valence-electron chi connectivity index (χ4n) is 1.80. The minimum Gasteiger partial charge on any atom is -0.508 e. The van der Waals surface area contributed by atoms with Gasteiger partial charge in [-0.15, -0.1) is 0 Å². The van der Waals surface area contributed by atoms with Gasteiger partial charge in [-0.3, -0.25) is 0 Å². The molecule has 6 heteroatoms. The molecule has 0 spiro atoms. The Hall–Kier alpha value is 0.350. The van der Waals surface area contributed by atoms with Gasteiger partial charge in [0.05, 0.1) is 6.61 Å². The second-order valence-electron chi connectivity index (χ2n) is 4.40. The summed E-state index contributed by atoms with van der Waals surface area (Å²) in [6, 6.07) is 11.0. The van der Waals surface area contributed by atoms with E-state index in [2.05, 4.69) is 67.8 Å². The van der Waals surface area contributed by atoms with Crippen molar-refractivity contribution >= 4 is 67.8 Å². The van der Waals surface area contributed by atoms with Gasteiger partial charge in [0.15, 0.2) is 6.29 Å². The third-order valence-electron chi connectivity index (χ3n) is 2.93. The monoisotopic (exact) mass is 622 g/mol. The third-order valence-corrected chi connectivity index (χ3v) is 6.96. The highest BCUT2D eigenvalue weighted by molar-refractivity contribution is 14.1. The molecular formula is C15H13I3O3. The van der Waals surface area contributed by atoms with Gasteiger partial charge in [0.25, 0.3) is 0 Å². The van der Waals surface area contributed by atoms with Crippen molar-refractivity contribution in [3.8, 4) is 5.75 Å². The van der Waals surface area contributed by atoms with E-state index in [0.29, 0.717) is 13.0 Å². The minimum absolute atomic E-state index is 0.252. The average molecular weight is 622 g/mol. The van der Waals surface area contributed by atoms with E-state index in [0.717, 1.165) is 21.8 Å². The van der Waals surface area contributed by atoms with Crippen molar-refractivity contribution < 1.29 is 14.9 Å². The second-order valence-corrected chi connectivity index (χ2v) is 7.80. The number of halogens is 3. The van der Waals surface area contributed by atoms with Crippen molar-refractivity contribution in [1.29, 1.82) is 0 Å². The first-order chi connectivity index (χ1) is 9.99. The van der Waals surface area contributed by atoms with Crippen LogP contribution < -0.4 is 0 Å². The molecule has 2 aromatic rings. The Kier molecular flexibility index (Phi) is 6.97. The van der Waals surface area contributed by atoms with Crippen LogP contribution in [0.25, 0.3) is 0 Å². The number of aliphatic hydroxyl groups excluding tert-OH is 1. The molecule has 0 radical (unpaired) electrons. The van der Waals surface area contributed by atoms with Gasteiger partial charge in [-0.25, -0.2) is 0 Å². The van der Waals surface area contributed by atoms with Crippen LogP contribution in [0.1, 0.15) is 17.4 Å². The molecule has 2 rings (SSSR count). The lowest BCUT2D eigenvalue weighted by atomic mass is 10.1. The van der Waals surface area contributed by atoms with E-state index in [1.807, 2.05) is 24.3 Å². The van der Waals surface area contributed by atoms with E-state index >= 15 is 0 Å². The molecule has 0 aliphatic rings. The van der Waals surface area contributed by atoms with E-state index < -0.39 is 6.29 Å². The lowest BCUT2D eigenvalue weighted by Crippen LogP contribution is -2.10. The summed E-state index contributed by atoms with van der Waals surface area (Å²) >= 11 is 6.69. The van der Waals surface area contributed by atoms with Crippen LogP contribution >= 0.6 is 67.8 Å². The first-order valence-electron chi connectivity index (χ1n) is 6.20. The van der Waals surface area contributed by atoms with Gasteiger partial charge in [0, 0.05) is 16.3 Å². The van der Waals surface area contributed by atoms with Gasteiger partial charge >= 0.3 is 0 Å². The first kappa shape index (κ1) is 17.7. The lowest BCUT2D eigenvalue weighted by Gasteiger charge is -2.16. The number of hydrogen-bond donors (Lipinski definition) is 2. The van der Waals surface area contributed by atoms with Crippen molar-refractivity contribution in [1.82, 2.24) is 0 Å². The Morgan fingerprint density at radius 3 is 2.24 bits per heavy atom. The smallest absolute Gasteiger partial charge is 0.183 e. The minimum atomic E-state index is -0.921. The molecule has 0 saturated heterocycles. The van der Waals surface area contributed by atoms with E-state index in [4.69, 9.17) is 4.74 Å². The molecule has 0 heterocycles. The predicted octanol–water partition coefficient (Wildman–Crippen LogP) is 4.46. The van der Waals surface area contributed by atoms with Gasteiger partial charge in [0.2, 0.25) is 0 Å². The molecule has 0 fully saturated rings. The zero-order valence-electron chi connectivity index (χ0n) is 10.9. The van der Waals surface area contributed by atoms with Crippen molar-refractivity contribution in [3.63, 3.8) is 0 Å². The molecule has 0 aliphatic heterocycles. The van der Waals surface area contributed by atoms with Crippen LogP contribution in [0.3, 0.4) is 0 Å². The van der Waals surface area contributed by atoms with E-state index in [9.17, 15) is 10.2 Å². The average Bonchev–Trinajstić information content (AvgIpc) is 2.45. The molecule has 1 atom stereocenters. The second kappa shape index (κ2) is 8.27. The number of aliphatic hydroxyl groups is 1. The van der Waals surface area contributed by atoms with Gasteiger partial charge in [-0.2, -0.15) is 0 Å². The Balaban J connectivity index is 1.97. The first-order valence-corrected chi connectivity index (χ1v) is 9.43. The molecule has 2 aromatic carbocycles. The summed E-state index contributed by atoms with van der Waals surface area (Å²) in [4.78, 5) is 0. The maximum Gasteiger partial charge on any atom is 0.183 e. The molecule has 2 N–H and O–H groups in total. The molecule has 0 saturated carbocycles. The molecule has 3 nitrogen and oxygen atoms in total. The zero-order chi connectivity index (χ0) is 15.4. The number of hydrogen-bond acceptors (Lipinski definition) is 3. The zero-order valence-corrected chi connectivity index (χ0v) is 17.4. The summed E-state index contributed by atoms with van der Waals surface area (Å²) in [6.07, 6.45) is -0.232. The highest BCUT2D eigenvalue weighted by Gasteiger charge is 2.17. The van der Waals surface area contributed by atoms with Crippen LogP contribution in [0, 0.1) is 10.7 Å². The molecule has 21 heavy (non-hydrogen) atoms. The summed E-state index contributed by atoms with van der Waals surface area (Å²) in [5, 5.41) is 19.5. The van der Waals surface area contributed by atoms with Crippen molar-refractivity contribution in [2.24, 2.45) is 0 Å². The molecule has 1 unspecified atom stereocenters. The van der Waals surface area contributed by atoms with Gasteiger partial charge in [0.1, 0.15) is 5.75 Å². The number of benzene rings is 2. The highest BCUT2D eigenvalue weighted by Crippen LogP contribution is 2.30. The SMILES string of the molecule is Oc1ccc(CCOC(O)c2c(I)ccc(I)c2I)cc1. The maximum absolute atomic E-state index is 10.3. The number of rotatable bonds is 5. The fourth-order valence-corrected chi connectivity index (χ4v) is 4.24. The van der Waals surface area contributed by atoms with Gasteiger partial charge in [-0.05, 0) is 104 Å². The van der Waals surface area contributed by atoms with Crippen LogP contribution in [0.2, 0.25) is 0 Å². The lowest BCUT2D eigenvalue weighted by molar-refractivity contribution is -0.103. The topological polar surface area (TPSA) is 49.7 Å².